The van der Waals surface area contributed by atoms with Crippen LogP contribution in [-0.2, 0) is 19.2 Å². The van der Waals surface area contributed by atoms with E-state index in [2.05, 4.69) is 35.9 Å². The van der Waals surface area contributed by atoms with Gasteiger partial charge < -0.3 is 17.5 Å². The Kier molecular flexibility index (Phi) is 10.2. The molecule has 0 heterocycles. The number of thiocarbonyl (C=S) groups is 1. The summed E-state index contributed by atoms with van der Waals surface area (Å²) in [4.78, 5) is 1.24. The number of nitrogens with one attached hydrogen (secondary N) is 1. The largest absolute Gasteiger partial charge is 0.669 e. The number of thioether (sulfide) groups is 1. The average Bonchev–Trinajstić information content (AvgIpc) is 2.47. The molecule has 0 aromatic heterocycles. The smallest absolute Gasteiger partial charge is 0.116 e. The van der Waals surface area contributed by atoms with Gasteiger partial charge in [-0.3, -0.25) is 0 Å². The second-order valence-electron chi connectivity index (χ2n) is 4.97. The summed E-state index contributed by atoms with van der Waals surface area (Å²) in [7, 11) is 0. The summed E-state index contributed by atoms with van der Waals surface area (Å²) in [5.41, 5.74) is 1.39. The fourth-order valence-corrected chi connectivity index (χ4v) is 3.29. The molecule has 0 radical (unpaired) electrons. The van der Waals surface area contributed by atoms with E-state index in [0.29, 0.717) is 4.32 Å². The van der Waals surface area contributed by atoms with Crippen molar-refractivity contribution >= 4 is 41.1 Å². The first-order valence-electron chi connectivity index (χ1n) is 7.45. The Labute approximate surface area is 138 Å². The third-order valence-electron chi connectivity index (χ3n) is 3.31. The quantitative estimate of drug-likeness (QED) is 0.282. The second-order valence-corrected chi connectivity index (χ2v) is 6.89. The number of rotatable bonds is 9. The van der Waals surface area contributed by atoms with Gasteiger partial charge in [-0.2, -0.15) is 0 Å². The first-order chi connectivity index (χ1) is 9.77. The number of unbranched alkanes of at least 4 members (excludes halogenated alkanes) is 6. The van der Waals surface area contributed by atoms with Crippen molar-refractivity contribution in [3.63, 3.8) is 0 Å². The molecule has 0 atom stereocenters. The lowest BCUT2D eigenvalue weighted by Crippen LogP contribution is -2.08. The van der Waals surface area contributed by atoms with Crippen molar-refractivity contribution in [1.29, 1.82) is 0 Å². The molecular formula is C16H24NS3-. The molecule has 1 rings (SSSR count). The van der Waals surface area contributed by atoms with Crippen LogP contribution in [-0.4, -0.2) is 4.32 Å². The Bertz CT molecular complexity index is 393. The van der Waals surface area contributed by atoms with Crippen LogP contribution in [0.4, 0.5) is 0 Å². The number of hydrogen-bond donors (Lipinski definition) is 1. The maximum absolute atomic E-state index is 5.14. The van der Waals surface area contributed by atoms with E-state index in [4.69, 9.17) is 25.0 Å². The normalized spacial score (nSPS) is 10.5. The molecule has 112 valence electrons. The van der Waals surface area contributed by atoms with Gasteiger partial charge in [-0.05, 0) is 24.5 Å². The van der Waals surface area contributed by atoms with Crippen molar-refractivity contribution in [3.05, 3.63) is 29.8 Å². The standard InChI is InChI=1S/C16H24NS3/c1-2-3-4-5-6-7-8-11-14-12-9-10-13-15(14)20-16(18)17-19/h9-10,12-13H,2-8,11H2,1H3,(H-,17,18,19)/q-1. The summed E-state index contributed by atoms with van der Waals surface area (Å²) in [6, 6.07) is 8.49. The van der Waals surface area contributed by atoms with Gasteiger partial charge in [0, 0.05) is 4.90 Å². The van der Waals surface area contributed by atoms with Gasteiger partial charge in [0.25, 0.3) is 0 Å². The van der Waals surface area contributed by atoms with E-state index in [-0.39, 0.29) is 0 Å². The minimum absolute atomic E-state index is 0.659. The van der Waals surface area contributed by atoms with Crippen LogP contribution < -0.4 is 4.72 Å². The zero-order valence-corrected chi connectivity index (χ0v) is 14.6. The van der Waals surface area contributed by atoms with Crippen molar-refractivity contribution < 1.29 is 0 Å². The van der Waals surface area contributed by atoms with Crippen LogP contribution in [0.5, 0.6) is 0 Å². The van der Waals surface area contributed by atoms with Crippen molar-refractivity contribution in [3.8, 4) is 0 Å². The van der Waals surface area contributed by atoms with Crippen molar-refractivity contribution in [2.45, 2.75) is 63.2 Å². The van der Waals surface area contributed by atoms with Crippen molar-refractivity contribution in [1.82, 2.24) is 4.72 Å². The van der Waals surface area contributed by atoms with Crippen LogP contribution in [0.3, 0.4) is 0 Å². The highest BCUT2D eigenvalue weighted by Crippen LogP contribution is 2.25. The summed E-state index contributed by atoms with van der Waals surface area (Å²) < 4.78 is 3.27. The second kappa shape index (κ2) is 11.5. The molecule has 0 bridgehead atoms. The van der Waals surface area contributed by atoms with Gasteiger partial charge in [-0.25, -0.2) is 0 Å². The van der Waals surface area contributed by atoms with Gasteiger partial charge in [0.2, 0.25) is 0 Å². The van der Waals surface area contributed by atoms with Gasteiger partial charge in [0.15, 0.2) is 0 Å². The molecule has 0 aliphatic rings. The molecule has 0 saturated heterocycles. The summed E-state index contributed by atoms with van der Waals surface area (Å²) >= 11 is 11.5. The minimum atomic E-state index is 0.659. The molecule has 0 spiro atoms. The third kappa shape index (κ3) is 7.55. The molecule has 4 heteroatoms. The molecule has 20 heavy (non-hydrogen) atoms. The summed E-state index contributed by atoms with van der Waals surface area (Å²) in [6.07, 6.45) is 10.6. The molecular weight excluding hydrogens is 302 g/mol. The first kappa shape index (κ1) is 17.9. The predicted molar refractivity (Wildman–Crippen MR) is 97.1 cm³/mol. The molecule has 1 nitrogen and oxygen atoms in total. The van der Waals surface area contributed by atoms with Crippen molar-refractivity contribution in [2.24, 2.45) is 0 Å². The number of benzene rings is 1. The van der Waals surface area contributed by atoms with Crippen LogP contribution in [0.15, 0.2) is 29.2 Å². The van der Waals surface area contributed by atoms with E-state index in [1.54, 1.807) is 11.8 Å². The number of aryl methyl sites for hydroxylation is 1. The van der Waals surface area contributed by atoms with E-state index >= 15 is 0 Å². The highest BCUT2D eigenvalue weighted by atomic mass is 32.2. The molecule has 1 aromatic rings. The fraction of sp³-hybridized carbons (Fsp3) is 0.562. The van der Waals surface area contributed by atoms with Crippen LogP contribution in [0, 0.1) is 0 Å². The van der Waals surface area contributed by atoms with E-state index in [1.165, 1.54) is 55.4 Å². The molecule has 1 aromatic carbocycles. The zero-order valence-electron chi connectivity index (χ0n) is 12.2. The first-order valence-corrected chi connectivity index (χ1v) is 9.09. The minimum Gasteiger partial charge on any atom is -0.669 e. The maximum atomic E-state index is 5.14. The van der Waals surface area contributed by atoms with Crippen LogP contribution in [0.25, 0.3) is 0 Å². The van der Waals surface area contributed by atoms with Gasteiger partial charge in [-0.1, -0.05) is 87.6 Å². The lowest BCUT2D eigenvalue weighted by Gasteiger charge is -2.13. The Balaban J connectivity index is 2.30. The third-order valence-corrected chi connectivity index (χ3v) is 5.03. The highest BCUT2D eigenvalue weighted by molar-refractivity contribution is 8.23. The van der Waals surface area contributed by atoms with Crippen molar-refractivity contribution in [2.75, 3.05) is 0 Å². The summed E-state index contributed by atoms with van der Waals surface area (Å²) in [6.45, 7) is 2.26. The monoisotopic (exact) mass is 326 g/mol. The van der Waals surface area contributed by atoms with Crippen LogP contribution in [0.1, 0.15) is 57.4 Å². The zero-order chi connectivity index (χ0) is 14.6. The van der Waals surface area contributed by atoms with Gasteiger partial charge >= 0.3 is 0 Å². The molecule has 0 fully saturated rings. The van der Waals surface area contributed by atoms with E-state index in [1.807, 2.05) is 0 Å². The lowest BCUT2D eigenvalue weighted by atomic mass is 10.0. The highest BCUT2D eigenvalue weighted by Gasteiger charge is 2.03. The van der Waals surface area contributed by atoms with E-state index in [0.717, 1.165) is 6.42 Å². The Morgan fingerprint density at radius 1 is 1.10 bits per heavy atom. The Hall–Kier alpha value is -0.190. The SMILES string of the molecule is CCCCCCCCCc1ccccc1SC(=S)N[S-]. The lowest BCUT2D eigenvalue weighted by molar-refractivity contribution is 0.588. The van der Waals surface area contributed by atoms with Crippen LogP contribution >= 0.6 is 24.0 Å². The van der Waals surface area contributed by atoms with Gasteiger partial charge in [0.05, 0.1) is 0 Å². The van der Waals surface area contributed by atoms with E-state index in [9.17, 15) is 0 Å². The fourth-order valence-electron chi connectivity index (χ4n) is 2.20. The topological polar surface area (TPSA) is 12.0 Å². The Morgan fingerprint density at radius 3 is 2.45 bits per heavy atom. The molecule has 1 N–H and O–H groups in total. The molecule has 0 aliphatic heterocycles. The van der Waals surface area contributed by atoms with Crippen LogP contribution in [0.2, 0.25) is 0 Å². The Morgan fingerprint density at radius 2 is 1.75 bits per heavy atom. The van der Waals surface area contributed by atoms with Gasteiger partial charge in [0.1, 0.15) is 4.32 Å². The molecule has 0 saturated carbocycles. The summed E-state index contributed by atoms with van der Waals surface area (Å²) in [5.74, 6) is 0. The molecule has 0 aliphatic carbocycles. The van der Waals surface area contributed by atoms with E-state index < -0.39 is 0 Å². The number of hydrogen-bond acceptors (Lipinski definition) is 3. The summed E-state index contributed by atoms with van der Waals surface area (Å²) in [5, 5.41) is 0. The maximum Gasteiger partial charge on any atom is 0.116 e. The predicted octanol–water partition coefficient (Wildman–Crippen LogP) is 5.41. The molecule has 0 amide bonds. The average molecular weight is 327 g/mol. The molecule has 0 unspecified atom stereocenters. The van der Waals surface area contributed by atoms with Gasteiger partial charge in [-0.15, -0.1) is 0 Å².